The Bertz CT molecular complexity index is 427. The van der Waals surface area contributed by atoms with Crippen molar-refractivity contribution >= 4 is 0 Å². The molecule has 3 N–H and O–H groups in total. The van der Waals surface area contributed by atoms with Crippen molar-refractivity contribution in [3.05, 3.63) is 23.8 Å². The predicted octanol–water partition coefficient (Wildman–Crippen LogP) is 1.90. The molecule has 1 aromatic carbocycles. The van der Waals surface area contributed by atoms with Crippen LogP contribution in [0.2, 0.25) is 0 Å². The summed E-state index contributed by atoms with van der Waals surface area (Å²) in [5, 5.41) is 22.8. The molecule has 0 spiro atoms. The zero-order chi connectivity index (χ0) is 14.0. The molecule has 0 amide bonds. The molecular weight excluding hydrogens is 246 g/mol. The standard InChI is InChI=1S/C14H21NO4/c1-9(13-11(16)5-4-6-12(13)17)15-7-10-8-18-14(2,3)19-10/h4-6,9-10,15-17H,7-8H2,1-3H3. The van der Waals surface area contributed by atoms with Gasteiger partial charge < -0.3 is 25.0 Å². The third kappa shape index (κ3) is 3.37. The fraction of sp³-hybridized carbons (Fsp3) is 0.571. The van der Waals surface area contributed by atoms with Gasteiger partial charge in [-0.1, -0.05) is 6.07 Å². The van der Waals surface area contributed by atoms with Crippen molar-refractivity contribution in [2.75, 3.05) is 13.2 Å². The van der Waals surface area contributed by atoms with Gasteiger partial charge in [0.15, 0.2) is 5.79 Å². The van der Waals surface area contributed by atoms with Crippen molar-refractivity contribution in [2.45, 2.75) is 38.7 Å². The second kappa shape index (κ2) is 5.36. The zero-order valence-corrected chi connectivity index (χ0v) is 11.5. The maximum Gasteiger partial charge on any atom is 0.163 e. The summed E-state index contributed by atoms with van der Waals surface area (Å²) >= 11 is 0. The molecule has 1 aliphatic heterocycles. The molecule has 0 bridgehead atoms. The van der Waals surface area contributed by atoms with Crippen LogP contribution in [0, 0.1) is 0 Å². The Morgan fingerprint density at radius 2 is 2.00 bits per heavy atom. The van der Waals surface area contributed by atoms with Gasteiger partial charge in [-0.15, -0.1) is 0 Å². The molecule has 1 fully saturated rings. The number of hydrogen-bond acceptors (Lipinski definition) is 5. The highest BCUT2D eigenvalue weighted by molar-refractivity contribution is 5.44. The Balaban J connectivity index is 1.93. The monoisotopic (exact) mass is 267 g/mol. The minimum absolute atomic E-state index is 0.0227. The number of phenolic OH excluding ortho intramolecular Hbond substituents is 2. The van der Waals surface area contributed by atoms with Crippen LogP contribution >= 0.6 is 0 Å². The van der Waals surface area contributed by atoms with E-state index in [9.17, 15) is 10.2 Å². The van der Waals surface area contributed by atoms with Crippen LogP contribution in [-0.4, -0.2) is 35.3 Å². The lowest BCUT2D eigenvalue weighted by molar-refractivity contribution is -0.137. The van der Waals surface area contributed by atoms with E-state index < -0.39 is 5.79 Å². The van der Waals surface area contributed by atoms with E-state index in [1.54, 1.807) is 18.2 Å². The number of aromatic hydroxyl groups is 2. The summed E-state index contributed by atoms with van der Waals surface area (Å²) in [6, 6.07) is 4.56. The molecular formula is C14H21NO4. The summed E-state index contributed by atoms with van der Waals surface area (Å²) in [5.41, 5.74) is 0.501. The van der Waals surface area contributed by atoms with Gasteiger partial charge in [-0.25, -0.2) is 0 Å². The van der Waals surface area contributed by atoms with Crippen LogP contribution in [0.5, 0.6) is 11.5 Å². The summed E-state index contributed by atoms with van der Waals surface area (Å²) < 4.78 is 11.2. The Hall–Kier alpha value is -1.30. The van der Waals surface area contributed by atoms with E-state index in [1.807, 2.05) is 20.8 Å². The minimum atomic E-state index is -0.535. The van der Waals surface area contributed by atoms with E-state index >= 15 is 0 Å². The fourth-order valence-electron chi connectivity index (χ4n) is 2.26. The Morgan fingerprint density at radius 3 is 2.53 bits per heavy atom. The molecule has 5 nitrogen and oxygen atoms in total. The minimum Gasteiger partial charge on any atom is -0.507 e. The number of ether oxygens (including phenoxy) is 2. The van der Waals surface area contributed by atoms with E-state index in [1.165, 1.54) is 0 Å². The lowest BCUT2D eigenvalue weighted by Crippen LogP contribution is -2.32. The summed E-state index contributed by atoms with van der Waals surface area (Å²) in [4.78, 5) is 0. The van der Waals surface area contributed by atoms with E-state index in [4.69, 9.17) is 9.47 Å². The summed E-state index contributed by atoms with van der Waals surface area (Å²) in [6.45, 7) is 6.78. The van der Waals surface area contributed by atoms with Gasteiger partial charge in [-0.3, -0.25) is 0 Å². The van der Waals surface area contributed by atoms with Crippen LogP contribution in [0.4, 0.5) is 0 Å². The number of nitrogens with one attached hydrogen (secondary N) is 1. The maximum atomic E-state index is 9.78. The van der Waals surface area contributed by atoms with E-state index in [0.717, 1.165) is 0 Å². The second-order valence-electron chi connectivity index (χ2n) is 5.29. The molecule has 2 atom stereocenters. The quantitative estimate of drug-likeness (QED) is 0.777. The van der Waals surface area contributed by atoms with Gasteiger partial charge in [-0.2, -0.15) is 0 Å². The first-order valence-corrected chi connectivity index (χ1v) is 6.45. The topological polar surface area (TPSA) is 71.0 Å². The largest absolute Gasteiger partial charge is 0.507 e. The van der Waals surface area contributed by atoms with Crippen molar-refractivity contribution in [1.29, 1.82) is 0 Å². The van der Waals surface area contributed by atoms with Crippen LogP contribution in [0.15, 0.2) is 18.2 Å². The Morgan fingerprint density at radius 1 is 1.37 bits per heavy atom. The van der Waals surface area contributed by atoms with E-state index in [-0.39, 0.29) is 23.6 Å². The van der Waals surface area contributed by atoms with Crippen LogP contribution in [0.3, 0.4) is 0 Å². The molecule has 5 heteroatoms. The number of phenols is 2. The first-order valence-electron chi connectivity index (χ1n) is 6.45. The van der Waals surface area contributed by atoms with Gasteiger partial charge in [0.2, 0.25) is 0 Å². The lowest BCUT2D eigenvalue weighted by atomic mass is 10.1. The highest BCUT2D eigenvalue weighted by atomic mass is 16.7. The van der Waals surface area contributed by atoms with Crippen molar-refractivity contribution in [3.8, 4) is 11.5 Å². The average molecular weight is 267 g/mol. The molecule has 1 saturated heterocycles. The van der Waals surface area contributed by atoms with E-state index in [2.05, 4.69) is 5.32 Å². The third-order valence-corrected chi connectivity index (χ3v) is 3.21. The highest BCUT2D eigenvalue weighted by Crippen LogP contribution is 2.32. The predicted molar refractivity (Wildman–Crippen MR) is 71.1 cm³/mol. The molecule has 19 heavy (non-hydrogen) atoms. The van der Waals surface area contributed by atoms with Gasteiger partial charge in [0.05, 0.1) is 18.3 Å². The maximum absolute atomic E-state index is 9.78. The molecule has 2 rings (SSSR count). The van der Waals surface area contributed by atoms with Crippen LogP contribution < -0.4 is 5.32 Å². The van der Waals surface area contributed by atoms with Crippen molar-refractivity contribution < 1.29 is 19.7 Å². The van der Waals surface area contributed by atoms with Gasteiger partial charge in [0, 0.05) is 12.6 Å². The van der Waals surface area contributed by atoms with Crippen LogP contribution in [0.1, 0.15) is 32.4 Å². The molecule has 0 aliphatic carbocycles. The van der Waals surface area contributed by atoms with Gasteiger partial charge in [0.25, 0.3) is 0 Å². The van der Waals surface area contributed by atoms with Crippen molar-refractivity contribution in [2.24, 2.45) is 0 Å². The molecule has 1 aromatic rings. The average Bonchev–Trinajstić information content (AvgIpc) is 2.66. The highest BCUT2D eigenvalue weighted by Gasteiger charge is 2.32. The van der Waals surface area contributed by atoms with Gasteiger partial charge >= 0.3 is 0 Å². The van der Waals surface area contributed by atoms with E-state index in [0.29, 0.717) is 18.7 Å². The molecule has 0 radical (unpaired) electrons. The number of rotatable bonds is 4. The summed E-state index contributed by atoms with van der Waals surface area (Å²) in [5.74, 6) is -0.361. The summed E-state index contributed by atoms with van der Waals surface area (Å²) in [6.07, 6.45) is -0.0227. The normalized spacial score (nSPS) is 23.4. The lowest BCUT2D eigenvalue weighted by Gasteiger charge is -2.20. The molecule has 0 aromatic heterocycles. The SMILES string of the molecule is CC(NCC1COC(C)(C)O1)c1c(O)cccc1O. The Kier molecular flexibility index (Phi) is 3.99. The van der Waals surface area contributed by atoms with Crippen LogP contribution in [-0.2, 0) is 9.47 Å². The molecule has 106 valence electrons. The van der Waals surface area contributed by atoms with Crippen molar-refractivity contribution in [3.63, 3.8) is 0 Å². The van der Waals surface area contributed by atoms with Gasteiger partial charge in [0.1, 0.15) is 11.5 Å². The van der Waals surface area contributed by atoms with Crippen LogP contribution in [0.25, 0.3) is 0 Å². The molecule has 1 aliphatic rings. The molecule has 0 saturated carbocycles. The number of hydrogen-bond donors (Lipinski definition) is 3. The second-order valence-corrected chi connectivity index (χ2v) is 5.29. The zero-order valence-electron chi connectivity index (χ0n) is 11.5. The van der Waals surface area contributed by atoms with Gasteiger partial charge in [-0.05, 0) is 32.9 Å². The molecule has 1 heterocycles. The first kappa shape index (κ1) is 14.1. The fourth-order valence-corrected chi connectivity index (χ4v) is 2.26. The summed E-state index contributed by atoms with van der Waals surface area (Å²) in [7, 11) is 0. The first-order chi connectivity index (χ1) is 8.89. The molecule has 2 unspecified atom stereocenters. The third-order valence-electron chi connectivity index (χ3n) is 3.21. The number of benzene rings is 1. The smallest absolute Gasteiger partial charge is 0.163 e. The Labute approximate surface area is 113 Å². The van der Waals surface area contributed by atoms with Crippen molar-refractivity contribution in [1.82, 2.24) is 5.32 Å².